The van der Waals surface area contributed by atoms with Gasteiger partial charge in [-0.25, -0.2) is 0 Å². The highest BCUT2D eigenvalue weighted by Crippen LogP contribution is 2.27. The first-order valence-corrected chi connectivity index (χ1v) is 14.2. The van der Waals surface area contributed by atoms with E-state index in [0.717, 1.165) is 16.0 Å². The molecule has 4 rings (SSSR count). The molecule has 4 aromatic rings. The third-order valence-electron chi connectivity index (χ3n) is 6.35. The summed E-state index contributed by atoms with van der Waals surface area (Å²) in [7, 11) is 0. The van der Waals surface area contributed by atoms with E-state index < -0.39 is 17.1 Å². The lowest BCUT2D eigenvalue weighted by Crippen LogP contribution is -2.30. The molecule has 0 fully saturated rings. The molecule has 0 heterocycles. The van der Waals surface area contributed by atoms with Gasteiger partial charge in [0.2, 0.25) is 5.91 Å². The Labute approximate surface area is 249 Å². The highest BCUT2D eigenvalue weighted by Gasteiger charge is 2.18. The van der Waals surface area contributed by atoms with Crippen molar-refractivity contribution in [3.8, 4) is 0 Å². The number of benzene rings is 4. The Hall–Kier alpha value is -4.95. The Bertz CT molecular complexity index is 1630. The van der Waals surface area contributed by atoms with Gasteiger partial charge in [0, 0.05) is 27.4 Å². The minimum absolute atomic E-state index is 0.0415. The number of Topliss-reactive ketones (excluding diaryl/α,β-unsaturated/α-hetero) is 1. The fraction of sp³-hybridized carbons (Fsp3) is 0.118. The monoisotopic (exact) mass is 577 g/mol. The zero-order valence-corrected chi connectivity index (χ0v) is 24.3. The van der Waals surface area contributed by atoms with Crippen LogP contribution in [-0.2, 0) is 9.59 Å². The van der Waals surface area contributed by atoms with Crippen LogP contribution in [0, 0.1) is 6.92 Å². The van der Waals surface area contributed by atoms with Gasteiger partial charge in [0.1, 0.15) is 5.70 Å². The van der Waals surface area contributed by atoms with E-state index in [-0.39, 0.29) is 17.4 Å². The first-order chi connectivity index (χ1) is 20.2. The van der Waals surface area contributed by atoms with Crippen molar-refractivity contribution in [3.63, 3.8) is 0 Å². The number of amides is 3. The predicted molar refractivity (Wildman–Crippen MR) is 169 cm³/mol. The molecule has 0 aliphatic carbocycles. The number of anilines is 2. The van der Waals surface area contributed by atoms with Gasteiger partial charge in [-0.1, -0.05) is 48.5 Å². The van der Waals surface area contributed by atoms with Crippen molar-refractivity contribution < 1.29 is 19.2 Å². The van der Waals surface area contributed by atoms with Crippen molar-refractivity contribution >= 4 is 52.7 Å². The van der Waals surface area contributed by atoms with Crippen LogP contribution in [0.3, 0.4) is 0 Å². The number of aryl methyl sites for hydroxylation is 1. The van der Waals surface area contributed by atoms with E-state index in [9.17, 15) is 19.2 Å². The van der Waals surface area contributed by atoms with Crippen LogP contribution in [0.1, 0.15) is 45.7 Å². The molecule has 0 spiro atoms. The second-order valence-electron chi connectivity index (χ2n) is 9.60. The van der Waals surface area contributed by atoms with Gasteiger partial charge in [-0.2, -0.15) is 0 Å². The van der Waals surface area contributed by atoms with Crippen LogP contribution in [0.25, 0.3) is 6.08 Å². The molecule has 1 unspecified atom stereocenters. The molecule has 1 atom stereocenters. The molecule has 212 valence electrons. The molecular formula is C34H31N3O4S. The number of carbonyl (C=O) groups excluding carboxylic acids is 4. The van der Waals surface area contributed by atoms with E-state index >= 15 is 0 Å². The predicted octanol–water partition coefficient (Wildman–Crippen LogP) is 6.73. The fourth-order valence-electron chi connectivity index (χ4n) is 3.98. The average Bonchev–Trinajstić information content (AvgIpc) is 2.98. The van der Waals surface area contributed by atoms with Crippen molar-refractivity contribution in [2.45, 2.75) is 30.9 Å². The van der Waals surface area contributed by atoms with Gasteiger partial charge < -0.3 is 16.0 Å². The maximum absolute atomic E-state index is 13.4. The quantitative estimate of drug-likeness (QED) is 0.110. The second-order valence-corrected chi connectivity index (χ2v) is 11.0. The molecular weight excluding hydrogens is 546 g/mol. The normalized spacial score (nSPS) is 11.7. The van der Waals surface area contributed by atoms with Crippen LogP contribution in [0.2, 0.25) is 0 Å². The maximum Gasteiger partial charge on any atom is 0.272 e. The Balaban J connectivity index is 1.46. The Morgan fingerprint density at radius 3 is 2.12 bits per heavy atom. The molecule has 8 heteroatoms. The molecule has 4 aromatic carbocycles. The SMILES string of the molecule is CC(=O)c1ccc(NC(=O)C(C)Sc2cccc(NC(=O)/C(=C/c3ccccc3C)NC(=O)c3ccccc3)c2)cc1. The molecule has 0 saturated carbocycles. The molecule has 0 bridgehead atoms. The number of carbonyl (C=O) groups is 4. The summed E-state index contributed by atoms with van der Waals surface area (Å²) in [4.78, 5) is 51.4. The summed E-state index contributed by atoms with van der Waals surface area (Å²) in [5.41, 5.74) is 3.98. The van der Waals surface area contributed by atoms with Crippen molar-refractivity contribution in [1.82, 2.24) is 5.32 Å². The summed E-state index contributed by atoms with van der Waals surface area (Å²) in [6.07, 6.45) is 1.65. The number of hydrogen-bond acceptors (Lipinski definition) is 5. The third kappa shape index (κ3) is 8.28. The van der Waals surface area contributed by atoms with E-state index in [2.05, 4.69) is 16.0 Å². The number of hydrogen-bond donors (Lipinski definition) is 3. The number of nitrogens with one attached hydrogen (secondary N) is 3. The molecule has 3 amide bonds. The summed E-state index contributed by atoms with van der Waals surface area (Å²) in [5, 5.41) is 8.05. The van der Waals surface area contributed by atoms with Gasteiger partial charge >= 0.3 is 0 Å². The summed E-state index contributed by atoms with van der Waals surface area (Å²) in [5.74, 6) is -1.12. The van der Waals surface area contributed by atoms with Gasteiger partial charge in [-0.15, -0.1) is 11.8 Å². The maximum atomic E-state index is 13.4. The smallest absolute Gasteiger partial charge is 0.272 e. The number of rotatable bonds is 10. The van der Waals surface area contributed by atoms with Crippen molar-refractivity contribution in [2.75, 3.05) is 10.6 Å². The molecule has 0 aliphatic rings. The van der Waals surface area contributed by atoms with E-state index in [1.54, 1.807) is 79.7 Å². The molecule has 7 nitrogen and oxygen atoms in total. The van der Waals surface area contributed by atoms with Gasteiger partial charge in [-0.05, 0) is 92.6 Å². The number of ketones is 1. The van der Waals surface area contributed by atoms with Crippen LogP contribution in [0.15, 0.2) is 114 Å². The first kappa shape index (κ1) is 30.0. The summed E-state index contributed by atoms with van der Waals surface area (Å²) < 4.78 is 0. The van der Waals surface area contributed by atoms with Crippen molar-refractivity contribution in [3.05, 3.63) is 131 Å². The van der Waals surface area contributed by atoms with Crippen LogP contribution >= 0.6 is 11.8 Å². The van der Waals surface area contributed by atoms with E-state index in [1.807, 2.05) is 43.3 Å². The van der Waals surface area contributed by atoms with Gasteiger partial charge in [0.25, 0.3) is 11.8 Å². The van der Waals surface area contributed by atoms with Crippen LogP contribution in [-0.4, -0.2) is 28.8 Å². The lowest BCUT2D eigenvalue weighted by Gasteiger charge is -2.14. The Morgan fingerprint density at radius 1 is 0.738 bits per heavy atom. The molecule has 0 saturated heterocycles. The average molecular weight is 578 g/mol. The zero-order chi connectivity index (χ0) is 30.1. The van der Waals surface area contributed by atoms with Crippen LogP contribution in [0.5, 0.6) is 0 Å². The standard InChI is InChI=1S/C34H31N3O4S/c1-22-10-7-8-13-27(22)20-31(37-33(40)26-11-5-4-6-12-26)34(41)36-29-14-9-15-30(21-29)42-24(3)32(39)35-28-18-16-25(17-19-28)23(2)38/h4-21,24H,1-3H3,(H,35,39)(H,36,41)(H,37,40)/b31-20-. The van der Waals surface area contributed by atoms with Gasteiger partial charge in [0.05, 0.1) is 5.25 Å². The second kappa shape index (κ2) is 14.1. The minimum Gasteiger partial charge on any atom is -0.325 e. The number of thioether (sulfide) groups is 1. The molecule has 0 aliphatic heterocycles. The summed E-state index contributed by atoms with van der Waals surface area (Å²) >= 11 is 1.34. The molecule has 3 N–H and O–H groups in total. The first-order valence-electron chi connectivity index (χ1n) is 13.3. The summed E-state index contributed by atoms with van der Waals surface area (Å²) in [6.45, 7) is 5.21. The van der Waals surface area contributed by atoms with Crippen LogP contribution in [0.4, 0.5) is 11.4 Å². The zero-order valence-electron chi connectivity index (χ0n) is 23.5. The van der Waals surface area contributed by atoms with Crippen molar-refractivity contribution in [2.24, 2.45) is 0 Å². The van der Waals surface area contributed by atoms with Crippen LogP contribution < -0.4 is 16.0 Å². The molecule has 0 aromatic heterocycles. The van der Waals surface area contributed by atoms with Gasteiger partial charge in [0.15, 0.2) is 5.78 Å². The molecule has 42 heavy (non-hydrogen) atoms. The van der Waals surface area contributed by atoms with E-state index in [4.69, 9.17) is 0 Å². The Morgan fingerprint density at radius 2 is 1.43 bits per heavy atom. The largest absolute Gasteiger partial charge is 0.325 e. The minimum atomic E-state index is -0.482. The summed E-state index contributed by atoms with van der Waals surface area (Å²) in [6, 6.07) is 30.2. The van der Waals surface area contributed by atoms with Gasteiger partial charge in [-0.3, -0.25) is 19.2 Å². The van der Waals surface area contributed by atoms with Crippen molar-refractivity contribution in [1.29, 1.82) is 0 Å². The lowest BCUT2D eigenvalue weighted by molar-refractivity contribution is -0.115. The van der Waals surface area contributed by atoms with E-state index in [1.165, 1.54) is 18.7 Å². The topological polar surface area (TPSA) is 104 Å². The highest BCUT2D eigenvalue weighted by atomic mass is 32.2. The van der Waals surface area contributed by atoms with E-state index in [0.29, 0.717) is 22.5 Å². The lowest BCUT2D eigenvalue weighted by atomic mass is 10.1. The molecule has 0 radical (unpaired) electrons. The third-order valence-corrected chi connectivity index (χ3v) is 7.44. The highest BCUT2D eigenvalue weighted by molar-refractivity contribution is 8.00. The Kier molecular flexibility index (Phi) is 10.1. The fourth-order valence-corrected chi connectivity index (χ4v) is 4.91.